The van der Waals surface area contributed by atoms with Crippen LogP contribution in [-0.2, 0) is 4.79 Å². The largest absolute Gasteiger partial charge is 0.338 e. The first-order valence-corrected chi connectivity index (χ1v) is 12.3. The van der Waals surface area contributed by atoms with Gasteiger partial charge in [-0.25, -0.2) is 4.52 Å². The lowest BCUT2D eigenvalue weighted by atomic mass is 9.94. The van der Waals surface area contributed by atoms with Crippen molar-refractivity contribution < 1.29 is 9.59 Å². The summed E-state index contributed by atoms with van der Waals surface area (Å²) in [5, 5.41) is 4.96. The molecule has 3 aliphatic rings. The van der Waals surface area contributed by atoms with Crippen molar-refractivity contribution in [1.29, 1.82) is 0 Å². The van der Waals surface area contributed by atoms with Crippen molar-refractivity contribution in [3.63, 3.8) is 0 Å². The molecule has 2 aromatic rings. The molecule has 3 fully saturated rings. The molecule has 2 aromatic heterocycles. The molecule has 0 aromatic carbocycles. The van der Waals surface area contributed by atoms with Crippen molar-refractivity contribution in [1.82, 2.24) is 19.4 Å². The van der Waals surface area contributed by atoms with Gasteiger partial charge in [0.05, 0.1) is 16.2 Å². The number of fused-ring (bicyclic) bond motifs is 1. The van der Waals surface area contributed by atoms with E-state index in [4.69, 9.17) is 11.6 Å². The Kier molecular flexibility index (Phi) is 5.74. The highest BCUT2D eigenvalue weighted by molar-refractivity contribution is 6.36. The van der Waals surface area contributed by atoms with Crippen LogP contribution in [0.1, 0.15) is 86.0 Å². The molecule has 1 aliphatic heterocycles. The summed E-state index contributed by atoms with van der Waals surface area (Å²) in [7, 11) is 0. The van der Waals surface area contributed by atoms with Gasteiger partial charge in [-0.1, -0.05) is 37.4 Å². The first-order chi connectivity index (χ1) is 15.4. The summed E-state index contributed by atoms with van der Waals surface area (Å²) >= 11 is 6.72. The SMILES string of the molecule is C=C(C)c1cc(C2CC2)cc2c(Cl)c(C(=O)N3CCCN(C4CCCCC4)C(=O)C3)nn12. The van der Waals surface area contributed by atoms with Crippen LogP contribution < -0.4 is 0 Å². The summed E-state index contributed by atoms with van der Waals surface area (Å²) < 4.78 is 1.73. The number of allylic oxidation sites excluding steroid dienone is 1. The molecule has 0 bridgehead atoms. The van der Waals surface area contributed by atoms with E-state index in [0.29, 0.717) is 23.5 Å². The third kappa shape index (κ3) is 3.94. The first-order valence-electron chi connectivity index (χ1n) is 11.9. The molecule has 7 heteroatoms. The topological polar surface area (TPSA) is 57.9 Å². The number of aromatic nitrogens is 2. The monoisotopic (exact) mass is 454 g/mol. The minimum Gasteiger partial charge on any atom is -0.338 e. The maximum absolute atomic E-state index is 13.5. The predicted molar refractivity (Wildman–Crippen MR) is 126 cm³/mol. The molecule has 6 nitrogen and oxygen atoms in total. The fourth-order valence-electron chi connectivity index (χ4n) is 5.22. The van der Waals surface area contributed by atoms with E-state index in [-0.39, 0.29) is 24.1 Å². The minimum atomic E-state index is -0.266. The van der Waals surface area contributed by atoms with Crippen molar-refractivity contribution in [2.75, 3.05) is 19.6 Å². The highest BCUT2D eigenvalue weighted by atomic mass is 35.5. The van der Waals surface area contributed by atoms with Gasteiger partial charge in [-0.2, -0.15) is 5.10 Å². The molecular weight excluding hydrogens is 424 g/mol. The summed E-state index contributed by atoms with van der Waals surface area (Å²) in [6.45, 7) is 7.39. The van der Waals surface area contributed by atoms with E-state index < -0.39 is 0 Å². The van der Waals surface area contributed by atoms with Crippen LogP contribution in [0.15, 0.2) is 18.7 Å². The molecule has 2 saturated carbocycles. The van der Waals surface area contributed by atoms with Crippen molar-refractivity contribution >= 4 is 34.5 Å². The lowest BCUT2D eigenvalue weighted by Gasteiger charge is -2.33. The average Bonchev–Trinajstić information content (AvgIpc) is 3.61. The predicted octanol–water partition coefficient (Wildman–Crippen LogP) is 4.91. The fourth-order valence-corrected chi connectivity index (χ4v) is 5.48. The van der Waals surface area contributed by atoms with Gasteiger partial charge in [-0.3, -0.25) is 9.59 Å². The number of halogens is 1. The second-order valence-electron chi connectivity index (χ2n) is 9.65. The van der Waals surface area contributed by atoms with E-state index in [9.17, 15) is 9.59 Å². The van der Waals surface area contributed by atoms with E-state index in [1.54, 1.807) is 9.42 Å². The summed E-state index contributed by atoms with van der Waals surface area (Å²) in [4.78, 5) is 30.1. The molecule has 1 saturated heterocycles. The van der Waals surface area contributed by atoms with E-state index in [2.05, 4.69) is 23.8 Å². The molecule has 2 aliphatic carbocycles. The fraction of sp³-hybridized carbons (Fsp3) is 0.560. The van der Waals surface area contributed by atoms with E-state index in [1.807, 2.05) is 11.8 Å². The Labute approximate surface area is 194 Å². The molecule has 32 heavy (non-hydrogen) atoms. The van der Waals surface area contributed by atoms with Crippen LogP contribution in [0.25, 0.3) is 11.1 Å². The molecule has 0 N–H and O–H groups in total. The Morgan fingerprint density at radius 1 is 1.09 bits per heavy atom. The zero-order valence-corrected chi connectivity index (χ0v) is 19.5. The van der Waals surface area contributed by atoms with E-state index >= 15 is 0 Å². The van der Waals surface area contributed by atoms with Crippen molar-refractivity contribution in [3.8, 4) is 0 Å². The molecule has 2 amide bonds. The normalized spacial score (nSPS) is 20.6. The number of carbonyl (C=O) groups excluding carboxylic acids is 2. The Hall–Kier alpha value is -2.34. The molecular formula is C25H31ClN4O2. The Morgan fingerprint density at radius 2 is 1.84 bits per heavy atom. The summed E-state index contributed by atoms with van der Waals surface area (Å²) in [6, 6.07) is 4.49. The van der Waals surface area contributed by atoms with Crippen molar-refractivity contribution in [3.05, 3.63) is 40.7 Å². The Morgan fingerprint density at radius 3 is 2.53 bits per heavy atom. The van der Waals surface area contributed by atoms with Crippen LogP contribution in [0.2, 0.25) is 5.02 Å². The number of pyridine rings is 1. The van der Waals surface area contributed by atoms with Crippen molar-refractivity contribution in [2.45, 2.75) is 70.3 Å². The summed E-state index contributed by atoms with van der Waals surface area (Å²) in [5.41, 5.74) is 3.94. The maximum atomic E-state index is 13.5. The quantitative estimate of drug-likeness (QED) is 0.659. The van der Waals surface area contributed by atoms with Crippen LogP contribution in [0, 0.1) is 0 Å². The Bertz CT molecular complexity index is 1080. The zero-order chi connectivity index (χ0) is 22.4. The van der Waals surface area contributed by atoms with Gasteiger partial charge in [0.15, 0.2) is 5.69 Å². The number of hydrogen-bond donors (Lipinski definition) is 0. The van der Waals surface area contributed by atoms with Gasteiger partial charge >= 0.3 is 0 Å². The van der Waals surface area contributed by atoms with Gasteiger partial charge in [0.2, 0.25) is 5.91 Å². The third-order valence-electron chi connectivity index (χ3n) is 7.16. The third-order valence-corrected chi connectivity index (χ3v) is 7.53. The van der Waals surface area contributed by atoms with Crippen molar-refractivity contribution in [2.24, 2.45) is 0 Å². The molecule has 5 rings (SSSR count). The van der Waals surface area contributed by atoms with Gasteiger partial charge in [0.25, 0.3) is 5.91 Å². The lowest BCUT2D eigenvalue weighted by Crippen LogP contribution is -2.45. The molecule has 0 spiro atoms. The number of nitrogens with zero attached hydrogens (tertiary/aromatic N) is 4. The maximum Gasteiger partial charge on any atom is 0.276 e. The summed E-state index contributed by atoms with van der Waals surface area (Å²) in [5.74, 6) is 0.330. The van der Waals surface area contributed by atoms with Crippen LogP contribution in [0.3, 0.4) is 0 Å². The standard InChI is InChI=1S/C25H31ClN4O2/c1-16(2)20-13-18(17-9-10-17)14-21-23(26)24(27-30(20)21)25(32)28-11-6-12-29(22(31)15-28)19-7-4-3-5-8-19/h13-14,17,19H,1,3-12,15H2,2H3. The smallest absolute Gasteiger partial charge is 0.276 e. The van der Waals surface area contributed by atoms with Gasteiger partial charge < -0.3 is 9.80 Å². The van der Waals surface area contributed by atoms with Gasteiger partial charge in [0.1, 0.15) is 6.54 Å². The van der Waals surface area contributed by atoms with Gasteiger partial charge in [-0.15, -0.1) is 0 Å². The molecule has 3 heterocycles. The number of amides is 2. The van der Waals surface area contributed by atoms with Gasteiger partial charge in [-0.05, 0) is 68.2 Å². The molecule has 0 unspecified atom stereocenters. The molecule has 0 atom stereocenters. The number of rotatable bonds is 4. The molecule has 170 valence electrons. The first kappa shape index (κ1) is 21.5. The molecule has 0 radical (unpaired) electrons. The minimum absolute atomic E-state index is 0.0429. The highest BCUT2D eigenvalue weighted by Gasteiger charge is 2.33. The van der Waals surface area contributed by atoms with Crippen LogP contribution in [0.5, 0.6) is 0 Å². The average molecular weight is 455 g/mol. The van der Waals surface area contributed by atoms with Crippen LogP contribution in [-0.4, -0.2) is 56.9 Å². The van der Waals surface area contributed by atoms with E-state index in [1.165, 1.54) is 37.7 Å². The van der Waals surface area contributed by atoms with Gasteiger partial charge in [0, 0.05) is 19.1 Å². The number of hydrogen-bond acceptors (Lipinski definition) is 3. The van der Waals surface area contributed by atoms with Crippen LogP contribution >= 0.6 is 11.6 Å². The van der Waals surface area contributed by atoms with E-state index in [0.717, 1.165) is 42.6 Å². The van der Waals surface area contributed by atoms with Crippen LogP contribution in [0.4, 0.5) is 0 Å². The Balaban J connectivity index is 1.43. The zero-order valence-electron chi connectivity index (χ0n) is 18.8. The lowest BCUT2D eigenvalue weighted by molar-refractivity contribution is -0.133. The second kappa shape index (κ2) is 8.54. The second-order valence-corrected chi connectivity index (χ2v) is 10.0. The number of carbonyl (C=O) groups is 2. The highest BCUT2D eigenvalue weighted by Crippen LogP contribution is 2.42. The summed E-state index contributed by atoms with van der Waals surface area (Å²) in [6.07, 6.45) is 8.90.